The van der Waals surface area contributed by atoms with Crippen molar-refractivity contribution in [3.63, 3.8) is 0 Å². The van der Waals surface area contributed by atoms with E-state index < -0.39 is 206 Å². The van der Waals surface area contributed by atoms with Gasteiger partial charge >= 0.3 is 0 Å². The molecule has 37 heteroatoms. The van der Waals surface area contributed by atoms with E-state index in [1.807, 2.05) is 18.2 Å². The number of aromatic nitrogens is 1. The van der Waals surface area contributed by atoms with Gasteiger partial charge in [-0.15, -0.1) is 0 Å². The van der Waals surface area contributed by atoms with Gasteiger partial charge < -0.3 is 106 Å². The molecule has 0 saturated carbocycles. The molecule has 14 atom stereocenters. The average Bonchev–Trinajstić information content (AvgIpc) is 1.65. The summed E-state index contributed by atoms with van der Waals surface area (Å²) in [6.07, 6.45) is 13.6. The van der Waals surface area contributed by atoms with Crippen LogP contribution >= 0.6 is 0 Å². The number of para-hydroxylation sites is 1. The average molecular weight is 1730 g/mol. The molecule has 1 aromatic heterocycles. The highest BCUT2D eigenvalue weighted by Gasteiger charge is 2.45. The normalized spacial score (nSPS) is 20.6. The molecule has 2 saturated heterocycles. The molecule has 2 fully saturated rings. The second kappa shape index (κ2) is 54.4. The number of primary amides is 2. The molecule has 37 nitrogen and oxygen atoms in total. The second-order valence-electron chi connectivity index (χ2n) is 32.6. The van der Waals surface area contributed by atoms with Crippen LogP contribution < -0.4 is 81.0 Å². The Balaban J connectivity index is 1.21. The largest absolute Gasteiger partial charge is 0.391 e. The topological polar surface area (TPSA) is 594 Å². The van der Waals surface area contributed by atoms with Crippen LogP contribution in [-0.4, -0.2) is 230 Å². The number of aliphatic hydroxyl groups excluding tert-OH is 3. The highest BCUT2D eigenvalue weighted by molar-refractivity contribution is 6.01. The first-order valence-corrected chi connectivity index (χ1v) is 44.0. The SMILES string of the molecule is CCCCCCCCCCCCCCCC(=O)NCC(=O)N[C@H](C(=O)N[C@@H](CCC(N)=O)C(=O)N[C@@H](CC1=CCC=N1)C(=O)N[C@H](C(=O)N[C@@H](CCCC)C(=O)N[C@H]1CCC(=O)CCCCC[C@@H](C(N)=O)NC(=O)[C@H](Cc2c[nH]c3ccccc23)NC(=O)[C@H](CCCNC(=N)N)NC(=O)[C@@H](Cc2ccccc2)NC(=O)[C@@H]2C[C@@H](O)CN2C1=O)C(C)O)[C@@H](C)O. The zero-order valence-electron chi connectivity index (χ0n) is 72.1. The summed E-state index contributed by atoms with van der Waals surface area (Å²) in [5.41, 5.74) is 19.1. The molecule has 23 N–H and O–H groups in total. The third kappa shape index (κ3) is 35.9. The van der Waals surface area contributed by atoms with Crippen molar-refractivity contribution in [1.29, 1.82) is 5.41 Å². The number of H-pyrrole nitrogens is 1. The van der Waals surface area contributed by atoms with Gasteiger partial charge in [-0.3, -0.25) is 82.3 Å². The fourth-order valence-electron chi connectivity index (χ4n) is 15.1. The minimum Gasteiger partial charge on any atom is -0.391 e. The molecular weight excluding hydrogens is 1600 g/mol. The Morgan fingerprint density at radius 1 is 0.581 bits per heavy atom. The zero-order valence-corrected chi connectivity index (χ0v) is 72.1. The second-order valence-corrected chi connectivity index (χ2v) is 32.6. The van der Waals surface area contributed by atoms with Gasteiger partial charge in [-0.1, -0.05) is 171 Å². The van der Waals surface area contributed by atoms with E-state index >= 15 is 19.2 Å². The Morgan fingerprint density at radius 2 is 1.16 bits per heavy atom. The van der Waals surface area contributed by atoms with Crippen molar-refractivity contribution in [2.45, 2.75) is 324 Å². The maximum Gasteiger partial charge on any atom is 0.245 e. The van der Waals surface area contributed by atoms with Crippen molar-refractivity contribution < 1.29 is 87.2 Å². The number of nitrogens with one attached hydrogen (secondary N) is 14. The van der Waals surface area contributed by atoms with Gasteiger partial charge in [-0.05, 0) is 82.4 Å². The Labute approximate surface area is 724 Å². The number of amides is 14. The van der Waals surface area contributed by atoms with Crippen LogP contribution in [0.4, 0.5) is 0 Å². The predicted molar refractivity (Wildman–Crippen MR) is 464 cm³/mol. The monoisotopic (exact) mass is 1730 g/mol. The molecule has 3 aliphatic rings. The van der Waals surface area contributed by atoms with Crippen LogP contribution in [0.25, 0.3) is 10.9 Å². The number of benzene rings is 2. The summed E-state index contributed by atoms with van der Waals surface area (Å²) in [5.74, 6) is -13.7. The van der Waals surface area contributed by atoms with Crippen LogP contribution in [0.2, 0.25) is 0 Å². The van der Waals surface area contributed by atoms with E-state index in [0.29, 0.717) is 36.8 Å². The number of guanidine groups is 1. The first-order valence-electron chi connectivity index (χ1n) is 44.0. The maximum atomic E-state index is 15.4. The number of Topliss-reactive ketones (excluding diaryl/α,β-unsaturated/α-hetero) is 1. The first-order chi connectivity index (χ1) is 59.3. The number of carbonyl (C=O) groups is 15. The lowest BCUT2D eigenvalue weighted by Crippen LogP contribution is -2.62. The van der Waals surface area contributed by atoms with Gasteiger partial charge in [0.15, 0.2) is 5.96 Å². The third-order valence-electron chi connectivity index (χ3n) is 22.2. The smallest absolute Gasteiger partial charge is 0.245 e. The molecule has 0 aliphatic carbocycles. The van der Waals surface area contributed by atoms with Gasteiger partial charge in [0, 0.05) is 99.9 Å². The van der Waals surface area contributed by atoms with E-state index in [1.54, 1.807) is 55.6 Å². The van der Waals surface area contributed by atoms with Crippen molar-refractivity contribution in [2.24, 2.45) is 22.2 Å². The van der Waals surface area contributed by atoms with Crippen molar-refractivity contribution in [3.8, 4) is 0 Å². The molecule has 3 aromatic rings. The Kier molecular flexibility index (Phi) is 44.6. The molecule has 0 spiro atoms. The Hall–Kier alpha value is -11.2. The molecule has 4 heterocycles. The molecule has 0 bridgehead atoms. The van der Waals surface area contributed by atoms with Crippen LogP contribution in [0.15, 0.2) is 77.6 Å². The van der Waals surface area contributed by atoms with Gasteiger partial charge in [0.05, 0.1) is 24.9 Å². The number of unbranched alkanes of at least 4 members (excludes halogenated alkanes) is 13. The number of nitrogens with two attached hydrogens (primary N) is 3. The molecule has 14 amide bonds. The van der Waals surface area contributed by atoms with E-state index in [0.717, 1.165) is 48.4 Å². The molecular formula is C87H133N19O18. The van der Waals surface area contributed by atoms with E-state index in [4.69, 9.17) is 22.6 Å². The standard InChI is InChI=1S/C87H133N19O18/c1-5-7-9-10-11-12-13-14-15-16-17-18-25-39-72(112)95-51-73(113)104-74(53(3)107)84(122)99-65(42-43-71(88)111)79(117)102-69(48-57-32-28-44-92-57)82(120)105-75(54(4)108)85(123)98-63(35-8-6-2)77(115)100-66-41-40-58(109)33-23-20-24-37-62(76(89)114)96-81(119)68(47-56-50-94-61-36-27-26-34-60(56)61)101-78(116)64(38-29-45-93-87(90)91)97-80(118)67(46-55-30-21-19-22-31-55)103-83(121)70-49-59(110)52-106(70)86(66)124/h19,21-22,26-27,30-32,34,36,44,50,53-54,59,62-70,74-75,94,107-108,110H,5-18,20,23-25,28-29,33,35,37-43,45-49,51-52H2,1-4H3,(H2,88,111)(H2,89,114)(H,95,112)(H,96,119)(H,97,118)(H,98,123)(H,99,122)(H,100,115)(H,101,116)(H,102,117)(H,103,121)(H,104,113)(H,105,120)(H4,90,91,93)/t53-,54?,59-,62+,63+,64+,65+,66+,67-,68+,69+,70+,74+,75+/m1/s1. The molecule has 1 unspecified atom stereocenters. The van der Waals surface area contributed by atoms with Gasteiger partial charge in [0.2, 0.25) is 82.7 Å². The number of ketones is 1. The third-order valence-corrected chi connectivity index (χ3v) is 22.2. The number of fused-ring (bicyclic) bond motifs is 2. The van der Waals surface area contributed by atoms with Crippen molar-refractivity contribution >= 4 is 112 Å². The Morgan fingerprint density at radius 3 is 1.79 bits per heavy atom. The number of carbonyl (C=O) groups excluding carboxylic acids is 15. The number of aromatic amines is 1. The lowest BCUT2D eigenvalue weighted by atomic mass is 9.99. The van der Waals surface area contributed by atoms with E-state index in [2.05, 4.69) is 80.7 Å². The van der Waals surface area contributed by atoms with E-state index in [1.165, 1.54) is 64.5 Å². The lowest BCUT2D eigenvalue weighted by molar-refractivity contribution is -0.143. The summed E-state index contributed by atoms with van der Waals surface area (Å²) < 4.78 is 0. The lowest BCUT2D eigenvalue weighted by Gasteiger charge is -2.31. The van der Waals surface area contributed by atoms with Gasteiger partial charge in [0.1, 0.15) is 72.2 Å². The van der Waals surface area contributed by atoms with Gasteiger partial charge in [0.25, 0.3) is 0 Å². The van der Waals surface area contributed by atoms with Gasteiger partial charge in [-0.25, -0.2) is 0 Å². The van der Waals surface area contributed by atoms with Crippen LogP contribution in [0.1, 0.15) is 238 Å². The summed E-state index contributed by atoms with van der Waals surface area (Å²) >= 11 is 0. The number of aliphatic imine (C=N–C) groups is 1. The maximum absolute atomic E-state index is 15.4. The zero-order chi connectivity index (χ0) is 90.6. The molecule has 0 radical (unpaired) electrons. The minimum atomic E-state index is -1.91. The number of allylic oxidation sites excluding steroid dienone is 1. The summed E-state index contributed by atoms with van der Waals surface area (Å²) in [5, 5.41) is 73.1. The minimum absolute atomic E-state index is 0.00446. The number of nitrogens with zero attached hydrogens (tertiary/aromatic N) is 2. The molecule has 3 aliphatic heterocycles. The molecule has 2 aromatic carbocycles. The van der Waals surface area contributed by atoms with Crippen molar-refractivity contribution in [1.82, 2.24) is 73.7 Å². The number of hydrogen-bond donors (Lipinski definition) is 20. The van der Waals surface area contributed by atoms with Crippen molar-refractivity contribution in [3.05, 3.63) is 83.7 Å². The molecule has 6 rings (SSSR count). The molecule has 684 valence electrons. The van der Waals surface area contributed by atoms with Crippen LogP contribution in [-0.2, 0) is 84.8 Å². The van der Waals surface area contributed by atoms with Gasteiger partial charge in [-0.2, -0.15) is 0 Å². The number of rotatable bonds is 46. The van der Waals surface area contributed by atoms with E-state index in [-0.39, 0.29) is 108 Å². The Bertz CT molecular complexity index is 4120. The fourth-order valence-corrected chi connectivity index (χ4v) is 15.1. The summed E-state index contributed by atoms with van der Waals surface area (Å²) in [7, 11) is 0. The summed E-state index contributed by atoms with van der Waals surface area (Å²) in [6.45, 7) is 5.33. The fraction of sp³-hybridized carbons (Fsp3) is 0.621. The van der Waals surface area contributed by atoms with Crippen LogP contribution in [0.5, 0.6) is 0 Å². The summed E-state index contributed by atoms with van der Waals surface area (Å²) in [6, 6.07) is -1.72. The summed E-state index contributed by atoms with van der Waals surface area (Å²) in [4.78, 5) is 221. The van der Waals surface area contributed by atoms with Crippen LogP contribution in [0, 0.1) is 5.41 Å². The quantitative estimate of drug-likeness (QED) is 0.0216. The number of aliphatic hydroxyl groups is 3. The highest BCUT2D eigenvalue weighted by Crippen LogP contribution is 2.25. The van der Waals surface area contributed by atoms with E-state index in [9.17, 15) is 68.1 Å². The molecule has 124 heavy (non-hydrogen) atoms. The predicted octanol–water partition coefficient (Wildman–Crippen LogP) is 1.39. The first kappa shape index (κ1) is 102. The van der Waals surface area contributed by atoms with Crippen molar-refractivity contribution in [2.75, 3.05) is 19.6 Å². The number of hydrogen-bond acceptors (Lipinski definition) is 20. The van der Waals surface area contributed by atoms with Crippen LogP contribution in [0.3, 0.4) is 0 Å². The highest BCUT2D eigenvalue weighted by atomic mass is 16.3.